The minimum atomic E-state index is -0.659. The fourth-order valence-electron chi connectivity index (χ4n) is 4.38. The van der Waals surface area contributed by atoms with Crippen LogP contribution in [0, 0.1) is 17.1 Å². The Morgan fingerprint density at radius 2 is 1.81 bits per heavy atom. The van der Waals surface area contributed by atoms with E-state index in [-0.39, 0.29) is 36.3 Å². The molecule has 3 rings (SSSR count). The number of hydrogen-bond donors (Lipinski definition) is 2. The average molecular weight is 448 g/mol. The lowest BCUT2D eigenvalue weighted by Crippen LogP contribution is -2.52. The molecule has 1 aromatic rings. The number of ether oxygens (including phenoxy) is 1. The summed E-state index contributed by atoms with van der Waals surface area (Å²) in [5.41, 5.74) is 5.90. The van der Waals surface area contributed by atoms with Crippen molar-refractivity contribution in [3.05, 3.63) is 29.6 Å². The van der Waals surface area contributed by atoms with Crippen molar-refractivity contribution >= 4 is 23.4 Å². The topological polar surface area (TPSA) is 103 Å². The van der Waals surface area contributed by atoms with E-state index >= 15 is 4.39 Å². The molecular weight excluding hydrogens is 413 g/mol. The largest absolute Gasteiger partial charge is 0.460 e. The lowest BCUT2D eigenvalue weighted by Gasteiger charge is -2.40. The number of carbonyl (C=O) groups is 2. The quantitative estimate of drug-likeness (QED) is 0.376. The zero-order valence-electron chi connectivity index (χ0n) is 19.0. The van der Waals surface area contributed by atoms with E-state index < -0.39 is 11.8 Å². The second-order valence-electron chi connectivity index (χ2n) is 8.83. The summed E-state index contributed by atoms with van der Waals surface area (Å²) in [5, 5.41) is 7.12. The monoisotopic (exact) mass is 447 g/mol. The van der Waals surface area contributed by atoms with Gasteiger partial charge in [-0.1, -0.05) is 12.1 Å². The Hall–Kier alpha value is -2.68. The van der Waals surface area contributed by atoms with E-state index in [0.717, 1.165) is 25.9 Å². The Kier molecular flexibility index (Phi) is 8.06. The Morgan fingerprint density at radius 3 is 2.41 bits per heavy atom. The van der Waals surface area contributed by atoms with Gasteiger partial charge >= 0.3 is 5.97 Å². The smallest absolute Gasteiger partial charge is 0.313 e. The molecule has 8 nitrogen and oxygen atoms in total. The minimum Gasteiger partial charge on any atom is -0.460 e. The number of hydrogen-bond acceptors (Lipinski definition) is 6. The molecule has 1 aromatic carbocycles. The molecule has 3 N–H and O–H groups in total. The molecule has 0 aromatic heterocycles. The number of benzene rings is 1. The van der Waals surface area contributed by atoms with Crippen molar-refractivity contribution in [2.75, 3.05) is 44.2 Å². The van der Waals surface area contributed by atoms with Gasteiger partial charge in [-0.05, 0) is 45.8 Å². The maximum absolute atomic E-state index is 15.0. The first kappa shape index (κ1) is 24.0. The molecule has 0 unspecified atom stereocenters. The number of carbonyl (C=O) groups excluding carboxylic acids is 2. The lowest BCUT2D eigenvalue weighted by molar-refractivity contribution is -0.143. The highest BCUT2D eigenvalue weighted by Gasteiger charge is 2.31. The molecular formula is C23H34FN5O3. The number of likely N-dealkylation sites (tertiary alicyclic amines) is 1. The third-order valence-electron chi connectivity index (χ3n) is 6.32. The van der Waals surface area contributed by atoms with Crippen molar-refractivity contribution < 1.29 is 18.7 Å². The van der Waals surface area contributed by atoms with E-state index in [9.17, 15) is 9.59 Å². The molecule has 9 heteroatoms. The van der Waals surface area contributed by atoms with E-state index in [1.54, 1.807) is 18.2 Å². The molecule has 32 heavy (non-hydrogen) atoms. The van der Waals surface area contributed by atoms with E-state index in [1.807, 2.05) is 9.80 Å². The third-order valence-corrected chi connectivity index (χ3v) is 6.32. The molecule has 0 bridgehead atoms. The van der Waals surface area contributed by atoms with E-state index in [2.05, 4.69) is 18.7 Å². The van der Waals surface area contributed by atoms with E-state index in [4.69, 9.17) is 15.9 Å². The summed E-state index contributed by atoms with van der Waals surface area (Å²) in [6.07, 6.45) is 1.49. The van der Waals surface area contributed by atoms with Gasteiger partial charge in [0.25, 0.3) is 0 Å². The Balaban J connectivity index is 1.53. The highest BCUT2D eigenvalue weighted by Crippen LogP contribution is 2.26. The van der Waals surface area contributed by atoms with Gasteiger partial charge in [0, 0.05) is 43.7 Å². The van der Waals surface area contributed by atoms with Crippen LogP contribution in [0.1, 0.15) is 38.7 Å². The van der Waals surface area contributed by atoms with Gasteiger partial charge in [0.15, 0.2) is 5.82 Å². The van der Waals surface area contributed by atoms with Crippen LogP contribution in [0.15, 0.2) is 18.2 Å². The van der Waals surface area contributed by atoms with Crippen LogP contribution >= 0.6 is 0 Å². The third kappa shape index (κ3) is 5.97. The van der Waals surface area contributed by atoms with Crippen LogP contribution in [0.5, 0.6) is 0 Å². The zero-order chi connectivity index (χ0) is 23.3. The highest BCUT2D eigenvalue weighted by molar-refractivity contribution is 5.94. The van der Waals surface area contributed by atoms with Crippen LogP contribution in [0.3, 0.4) is 0 Å². The number of halogens is 1. The average Bonchev–Trinajstić information content (AvgIpc) is 2.77. The summed E-state index contributed by atoms with van der Waals surface area (Å²) in [5.74, 6) is -1.07. The van der Waals surface area contributed by atoms with E-state index in [0.29, 0.717) is 37.9 Å². The van der Waals surface area contributed by atoms with Crippen molar-refractivity contribution in [2.45, 2.75) is 45.8 Å². The van der Waals surface area contributed by atoms with Gasteiger partial charge in [-0.25, -0.2) is 4.39 Å². The Bertz CT molecular complexity index is 831. The number of amidine groups is 1. The molecule has 2 aliphatic heterocycles. The normalized spacial score (nSPS) is 18.1. The zero-order valence-corrected chi connectivity index (χ0v) is 19.0. The molecule has 2 fully saturated rings. The Labute approximate surface area is 189 Å². The lowest BCUT2D eigenvalue weighted by atomic mass is 9.94. The number of anilines is 1. The van der Waals surface area contributed by atoms with Crippen molar-refractivity contribution in [1.29, 1.82) is 5.41 Å². The number of esters is 1. The van der Waals surface area contributed by atoms with Crippen molar-refractivity contribution in [1.82, 2.24) is 9.80 Å². The van der Waals surface area contributed by atoms with Gasteiger partial charge in [-0.15, -0.1) is 0 Å². The van der Waals surface area contributed by atoms with Gasteiger partial charge in [0.1, 0.15) is 18.9 Å². The van der Waals surface area contributed by atoms with Crippen LogP contribution in [-0.4, -0.2) is 72.8 Å². The number of piperazine rings is 1. The first-order chi connectivity index (χ1) is 15.3. The highest BCUT2D eigenvalue weighted by atomic mass is 19.1. The summed E-state index contributed by atoms with van der Waals surface area (Å²) < 4.78 is 20.1. The molecule has 1 amide bonds. The van der Waals surface area contributed by atoms with Gasteiger partial charge < -0.3 is 25.2 Å². The maximum atomic E-state index is 15.0. The first-order valence-corrected chi connectivity index (χ1v) is 11.3. The molecule has 0 aliphatic carbocycles. The van der Waals surface area contributed by atoms with Crippen molar-refractivity contribution in [2.24, 2.45) is 11.7 Å². The molecule has 2 aliphatic rings. The molecule has 0 spiro atoms. The van der Waals surface area contributed by atoms with Gasteiger partial charge in [0.2, 0.25) is 5.91 Å². The second kappa shape index (κ2) is 10.8. The molecule has 176 valence electrons. The predicted octanol–water partition coefficient (Wildman–Crippen LogP) is 1.96. The predicted molar refractivity (Wildman–Crippen MR) is 121 cm³/mol. The standard InChI is InChI=1S/C23H34FN5O3/c1-16(2)27-8-6-17(7-9-27)23(31)29-12-10-28(11-13-29)19-5-3-4-18(22(19)24)15-32-21(30)14-20(25)26/h3-5,16-17H,6-15H2,1-2H3,(H3,25,26). The fraction of sp³-hybridized carbons (Fsp3) is 0.609. The summed E-state index contributed by atoms with van der Waals surface area (Å²) in [7, 11) is 0. The van der Waals surface area contributed by atoms with Crippen molar-refractivity contribution in [3.63, 3.8) is 0 Å². The van der Waals surface area contributed by atoms with Gasteiger partial charge in [-0.2, -0.15) is 0 Å². The van der Waals surface area contributed by atoms with Crippen LogP contribution in [0.25, 0.3) is 0 Å². The van der Waals surface area contributed by atoms with Crippen LogP contribution in [-0.2, 0) is 20.9 Å². The Morgan fingerprint density at radius 1 is 1.16 bits per heavy atom. The molecule has 2 heterocycles. The van der Waals surface area contributed by atoms with Crippen LogP contribution in [0.4, 0.5) is 10.1 Å². The SMILES string of the molecule is CC(C)N1CCC(C(=O)N2CCN(c3cccc(COC(=O)CC(=N)N)c3F)CC2)CC1. The summed E-state index contributed by atoms with van der Waals surface area (Å²) >= 11 is 0. The number of amides is 1. The number of rotatable bonds is 7. The van der Waals surface area contributed by atoms with Gasteiger partial charge in [-0.3, -0.25) is 15.0 Å². The summed E-state index contributed by atoms with van der Waals surface area (Å²) in [6.45, 7) is 8.34. The van der Waals surface area contributed by atoms with Crippen LogP contribution < -0.4 is 10.6 Å². The molecule has 0 saturated carbocycles. The van der Waals surface area contributed by atoms with Gasteiger partial charge in [0.05, 0.1) is 5.69 Å². The first-order valence-electron chi connectivity index (χ1n) is 11.3. The minimum absolute atomic E-state index is 0.0845. The number of piperidine rings is 1. The molecule has 2 saturated heterocycles. The number of nitrogens with two attached hydrogens (primary N) is 1. The van der Waals surface area contributed by atoms with E-state index in [1.165, 1.54) is 0 Å². The second-order valence-corrected chi connectivity index (χ2v) is 8.83. The van der Waals surface area contributed by atoms with Crippen LogP contribution in [0.2, 0.25) is 0 Å². The summed E-state index contributed by atoms with van der Waals surface area (Å²) in [4.78, 5) is 30.8. The summed E-state index contributed by atoms with van der Waals surface area (Å²) in [6, 6.07) is 5.52. The number of nitrogens with zero attached hydrogens (tertiary/aromatic N) is 3. The maximum Gasteiger partial charge on any atom is 0.313 e. The number of nitrogens with one attached hydrogen (secondary N) is 1. The fourth-order valence-corrected chi connectivity index (χ4v) is 4.38. The molecule has 0 atom stereocenters. The van der Waals surface area contributed by atoms with Crippen molar-refractivity contribution in [3.8, 4) is 0 Å². The molecule has 0 radical (unpaired) electrons.